The summed E-state index contributed by atoms with van der Waals surface area (Å²) in [6.07, 6.45) is 0. The molecule has 96 valence electrons. The minimum absolute atomic E-state index is 0.151. The molecule has 18 heavy (non-hydrogen) atoms. The van der Waals surface area contributed by atoms with Gasteiger partial charge in [-0.2, -0.15) is 5.10 Å². The Morgan fingerprint density at radius 2 is 1.94 bits per heavy atom. The van der Waals surface area contributed by atoms with Crippen molar-refractivity contribution in [1.29, 1.82) is 0 Å². The van der Waals surface area contributed by atoms with E-state index < -0.39 is 5.97 Å². The molecule has 1 aromatic carbocycles. The topological polar surface area (TPSA) is 78.8 Å². The second kappa shape index (κ2) is 6.80. The Hall–Kier alpha value is -1.82. The molecule has 2 N–H and O–H groups in total. The summed E-state index contributed by atoms with van der Waals surface area (Å²) in [6.45, 7) is 3.32. The number of hydrogen-bond acceptors (Lipinski definition) is 5. The maximum atomic E-state index is 11.2. The van der Waals surface area contributed by atoms with Crippen molar-refractivity contribution in [2.45, 2.75) is 13.8 Å². The van der Waals surface area contributed by atoms with E-state index >= 15 is 0 Å². The predicted octanol–water partition coefficient (Wildman–Crippen LogP) is 2.13. The summed E-state index contributed by atoms with van der Waals surface area (Å²) in [5.74, 6) is -1.43. The average Bonchev–Trinajstić information content (AvgIpc) is 2.30. The molecule has 0 aliphatic carbocycles. The molecule has 0 saturated heterocycles. The van der Waals surface area contributed by atoms with Crippen molar-refractivity contribution in [3.63, 3.8) is 0 Å². The second-order valence-corrected chi connectivity index (χ2v) is 4.60. The van der Waals surface area contributed by atoms with Gasteiger partial charge in [-0.15, -0.1) is 0 Å². The average molecular weight is 266 g/mol. The molecule has 0 heterocycles. The first-order valence-electron chi connectivity index (χ1n) is 5.25. The number of nitrogens with zero attached hydrogens (tertiary/aromatic N) is 1. The van der Waals surface area contributed by atoms with Crippen molar-refractivity contribution < 1.29 is 14.7 Å². The standard InChI is InChI=1S/C12H14N2O3S/c1-8-3-5-10(6-4-8)13-14-12(9(2)15)18-7-11(16)17/h3-6,13H,7H2,1-2H3,(H,16,17)/b14-12-. The van der Waals surface area contributed by atoms with E-state index in [1.165, 1.54) is 6.92 Å². The Labute approximate surface area is 109 Å². The number of hydrazone groups is 1. The fourth-order valence-electron chi connectivity index (χ4n) is 1.09. The maximum absolute atomic E-state index is 11.2. The molecule has 6 heteroatoms. The van der Waals surface area contributed by atoms with Crippen LogP contribution in [0.5, 0.6) is 0 Å². The maximum Gasteiger partial charge on any atom is 0.313 e. The first kappa shape index (κ1) is 14.2. The largest absolute Gasteiger partial charge is 0.481 e. The van der Waals surface area contributed by atoms with Crippen LogP contribution in [0.1, 0.15) is 12.5 Å². The van der Waals surface area contributed by atoms with Crippen molar-refractivity contribution >= 4 is 34.2 Å². The van der Waals surface area contributed by atoms with E-state index in [4.69, 9.17) is 5.11 Å². The molecule has 1 aromatic rings. The molecule has 0 fully saturated rings. The van der Waals surface area contributed by atoms with E-state index in [0.717, 1.165) is 23.0 Å². The lowest BCUT2D eigenvalue weighted by Gasteiger charge is -2.03. The lowest BCUT2D eigenvalue weighted by Crippen LogP contribution is -2.11. The number of ketones is 1. The van der Waals surface area contributed by atoms with Gasteiger partial charge in [0.15, 0.2) is 10.8 Å². The molecular formula is C12H14N2O3S. The van der Waals surface area contributed by atoms with Gasteiger partial charge in [0.2, 0.25) is 0 Å². The Kier molecular flexibility index (Phi) is 5.38. The Bertz CT molecular complexity index is 469. The van der Waals surface area contributed by atoms with Crippen LogP contribution in [0, 0.1) is 6.92 Å². The summed E-state index contributed by atoms with van der Waals surface area (Å²) in [6, 6.07) is 7.49. The highest BCUT2D eigenvalue weighted by Gasteiger charge is 2.09. The van der Waals surface area contributed by atoms with Crippen LogP contribution >= 0.6 is 11.8 Å². The summed E-state index contributed by atoms with van der Waals surface area (Å²) in [5.41, 5.74) is 4.60. The summed E-state index contributed by atoms with van der Waals surface area (Å²) in [4.78, 5) is 21.7. The fraction of sp³-hybridized carbons (Fsp3) is 0.250. The van der Waals surface area contributed by atoms with Crippen LogP contribution in [-0.4, -0.2) is 27.7 Å². The summed E-state index contributed by atoms with van der Waals surface area (Å²) < 4.78 is 0. The van der Waals surface area contributed by atoms with Gasteiger partial charge in [0, 0.05) is 6.92 Å². The van der Waals surface area contributed by atoms with Gasteiger partial charge in [0.1, 0.15) is 0 Å². The lowest BCUT2D eigenvalue weighted by molar-refractivity contribution is -0.133. The highest BCUT2D eigenvalue weighted by molar-refractivity contribution is 8.16. The van der Waals surface area contributed by atoms with Gasteiger partial charge in [-0.05, 0) is 19.1 Å². The molecule has 0 aliphatic heterocycles. The van der Waals surface area contributed by atoms with Gasteiger partial charge in [0.25, 0.3) is 0 Å². The quantitative estimate of drug-likeness (QED) is 0.485. The zero-order valence-corrected chi connectivity index (χ0v) is 11.0. The van der Waals surface area contributed by atoms with Crippen LogP contribution in [0.2, 0.25) is 0 Å². The van der Waals surface area contributed by atoms with Gasteiger partial charge in [-0.1, -0.05) is 29.5 Å². The molecule has 0 unspecified atom stereocenters. The second-order valence-electron chi connectivity index (χ2n) is 3.63. The molecule has 0 saturated carbocycles. The third kappa shape index (κ3) is 5.01. The fourth-order valence-corrected chi connectivity index (χ4v) is 1.66. The van der Waals surface area contributed by atoms with Crippen molar-refractivity contribution in [2.75, 3.05) is 11.2 Å². The highest BCUT2D eigenvalue weighted by atomic mass is 32.2. The van der Waals surface area contributed by atoms with Crippen LogP contribution in [-0.2, 0) is 9.59 Å². The third-order valence-corrected chi connectivity index (χ3v) is 3.02. The van der Waals surface area contributed by atoms with E-state index in [0.29, 0.717) is 0 Å². The van der Waals surface area contributed by atoms with Crippen LogP contribution in [0.4, 0.5) is 5.69 Å². The predicted molar refractivity (Wildman–Crippen MR) is 73.0 cm³/mol. The monoisotopic (exact) mass is 266 g/mol. The van der Waals surface area contributed by atoms with E-state index in [1.54, 1.807) is 0 Å². The van der Waals surface area contributed by atoms with E-state index in [2.05, 4.69) is 10.5 Å². The number of carboxylic acids is 1. The van der Waals surface area contributed by atoms with Crippen molar-refractivity contribution in [2.24, 2.45) is 5.10 Å². The van der Waals surface area contributed by atoms with E-state index in [1.807, 2.05) is 31.2 Å². The van der Waals surface area contributed by atoms with Crippen molar-refractivity contribution in [3.05, 3.63) is 29.8 Å². The van der Waals surface area contributed by atoms with Crippen LogP contribution in [0.3, 0.4) is 0 Å². The van der Waals surface area contributed by atoms with Gasteiger partial charge >= 0.3 is 5.97 Å². The van der Waals surface area contributed by atoms with Crippen molar-refractivity contribution in [1.82, 2.24) is 0 Å². The number of thioether (sulfide) groups is 1. The number of hydrogen-bond donors (Lipinski definition) is 2. The Balaban J connectivity index is 2.68. The van der Waals surface area contributed by atoms with Gasteiger partial charge in [-0.25, -0.2) is 0 Å². The van der Waals surface area contributed by atoms with Crippen LogP contribution < -0.4 is 5.43 Å². The first-order chi connectivity index (χ1) is 8.49. The number of nitrogens with one attached hydrogen (secondary N) is 1. The van der Waals surface area contributed by atoms with E-state index in [9.17, 15) is 9.59 Å². The molecule has 0 aliphatic rings. The zero-order valence-electron chi connectivity index (χ0n) is 10.1. The Morgan fingerprint density at radius 3 is 2.44 bits per heavy atom. The van der Waals surface area contributed by atoms with Gasteiger partial charge < -0.3 is 5.11 Å². The van der Waals surface area contributed by atoms with Crippen LogP contribution in [0.25, 0.3) is 0 Å². The number of aryl methyl sites for hydroxylation is 1. The van der Waals surface area contributed by atoms with Gasteiger partial charge in [0.05, 0.1) is 11.4 Å². The molecule has 0 aromatic heterocycles. The minimum atomic E-state index is -0.982. The Morgan fingerprint density at radius 1 is 1.33 bits per heavy atom. The number of rotatable bonds is 5. The summed E-state index contributed by atoms with van der Waals surface area (Å²) in [7, 11) is 0. The molecule has 1 rings (SSSR count). The molecule has 0 spiro atoms. The van der Waals surface area contributed by atoms with Crippen LogP contribution in [0.15, 0.2) is 29.4 Å². The number of carbonyl (C=O) groups excluding carboxylic acids is 1. The summed E-state index contributed by atoms with van der Waals surface area (Å²) >= 11 is 0.899. The van der Waals surface area contributed by atoms with Crippen molar-refractivity contribution in [3.8, 4) is 0 Å². The molecule has 0 amide bonds. The number of Topliss-reactive ketones (excluding diaryl/α,β-unsaturated/α-hetero) is 1. The highest BCUT2D eigenvalue weighted by Crippen LogP contribution is 2.10. The third-order valence-electron chi connectivity index (χ3n) is 1.97. The zero-order chi connectivity index (χ0) is 13.5. The SMILES string of the molecule is CC(=O)/C(=N/Nc1ccc(C)cc1)SCC(=O)O. The minimum Gasteiger partial charge on any atom is -0.481 e. The molecule has 0 atom stereocenters. The molecule has 0 radical (unpaired) electrons. The van der Waals surface area contributed by atoms with E-state index in [-0.39, 0.29) is 16.6 Å². The number of carbonyl (C=O) groups is 2. The molecule has 0 bridgehead atoms. The molecule has 5 nitrogen and oxygen atoms in total. The number of anilines is 1. The summed E-state index contributed by atoms with van der Waals surface area (Å²) in [5, 5.41) is 12.6. The number of aliphatic carboxylic acids is 1. The first-order valence-corrected chi connectivity index (χ1v) is 6.23. The number of benzene rings is 1. The molecular weight excluding hydrogens is 252 g/mol. The smallest absolute Gasteiger partial charge is 0.313 e. The normalized spacial score (nSPS) is 11.1. The van der Waals surface area contributed by atoms with Gasteiger partial charge in [-0.3, -0.25) is 15.0 Å². The lowest BCUT2D eigenvalue weighted by atomic mass is 10.2. The number of carboxylic acid groups (broad SMARTS) is 1.